The van der Waals surface area contributed by atoms with Crippen molar-refractivity contribution >= 4 is 29.9 Å². The molecule has 1 aromatic rings. The average Bonchev–Trinajstić information content (AvgIpc) is 3.29. The first kappa shape index (κ1) is 23.8. The Morgan fingerprint density at radius 1 is 1.10 bits per heavy atom. The Morgan fingerprint density at radius 3 is 2.63 bits per heavy atom. The highest BCUT2D eigenvalue weighted by molar-refractivity contribution is 14.0. The third-order valence-electron chi connectivity index (χ3n) is 6.77. The van der Waals surface area contributed by atoms with E-state index < -0.39 is 0 Å². The van der Waals surface area contributed by atoms with E-state index in [9.17, 15) is 0 Å². The second-order valence-corrected chi connectivity index (χ2v) is 9.15. The molecule has 0 amide bonds. The Morgan fingerprint density at radius 2 is 1.90 bits per heavy atom. The van der Waals surface area contributed by atoms with Crippen LogP contribution in [0.1, 0.15) is 56.6 Å². The lowest BCUT2D eigenvalue weighted by Gasteiger charge is -2.25. The Balaban J connectivity index is 0.00000256. The van der Waals surface area contributed by atoms with Crippen LogP contribution >= 0.6 is 24.0 Å². The molecule has 1 spiro atoms. The van der Waals surface area contributed by atoms with Gasteiger partial charge in [0.05, 0.1) is 13.2 Å². The maximum atomic E-state index is 5.69. The second kappa shape index (κ2) is 11.7. The largest absolute Gasteiger partial charge is 0.381 e. The predicted octanol–water partition coefficient (Wildman–Crippen LogP) is 4.26. The number of guanidine groups is 1. The fourth-order valence-corrected chi connectivity index (χ4v) is 5.06. The summed E-state index contributed by atoms with van der Waals surface area (Å²) in [6.45, 7) is 11.4. The standard InChI is InChI=1S/C24H38N4O.HI/c1-2-25-23(28-14-10-24(19-28)11-15-29-20-24)26-17-21-8-7-9-22(16-21)18-27-12-5-3-4-6-13-27;/h7-9,16H,2-6,10-15,17-20H2,1H3,(H,25,26);1H. The number of halogens is 1. The summed E-state index contributed by atoms with van der Waals surface area (Å²) in [6.07, 6.45) is 7.89. The van der Waals surface area contributed by atoms with Crippen LogP contribution in [0.2, 0.25) is 0 Å². The quantitative estimate of drug-likeness (QED) is 0.354. The molecule has 30 heavy (non-hydrogen) atoms. The van der Waals surface area contributed by atoms with Crippen molar-refractivity contribution in [3.05, 3.63) is 35.4 Å². The minimum absolute atomic E-state index is 0. The van der Waals surface area contributed by atoms with E-state index >= 15 is 0 Å². The SMILES string of the molecule is CCNC(=NCc1cccc(CN2CCCCCC2)c1)N1CCC2(CCOC2)C1.I. The Kier molecular flexibility index (Phi) is 9.26. The summed E-state index contributed by atoms with van der Waals surface area (Å²) in [5.41, 5.74) is 3.10. The third kappa shape index (κ3) is 6.33. The summed E-state index contributed by atoms with van der Waals surface area (Å²) in [6, 6.07) is 9.04. The lowest BCUT2D eigenvalue weighted by atomic mass is 9.87. The normalized spacial score (nSPS) is 25.4. The topological polar surface area (TPSA) is 40.1 Å². The summed E-state index contributed by atoms with van der Waals surface area (Å²) >= 11 is 0. The van der Waals surface area contributed by atoms with Crippen molar-refractivity contribution in [2.24, 2.45) is 10.4 Å². The number of hydrogen-bond acceptors (Lipinski definition) is 3. The van der Waals surface area contributed by atoms with Gasteiger partial charge in [-0.1, -0.05) is 37.1 Å². The molecule has 168 valence electrons. The summed E-state index contributed by atoms with van der Waals surface area (Å²) < 4.78 is 5.69. The van der Waals surface area contributed by atoms with Crippen LogP contribution in [-0.2, 0) is 17.8 Å². The van der Waals surface area contributed by atoms with Crippen molar-refractivity contribution in [1.29, 1.82) is 0 Å². The summed E-state index contributed by atoms with van der Waals surface area (Å²) in [7, 11) is 0. The van der Waals surface area contributed by atoms with Gasteiger partial charge in [0.1, 0.15) is 0 Å². The van der Waals surface area contributed by atoms with E-state index in [1.165, 1.54) is 62.7 Å². The lowest BCUT2D eigenvalue weighted by Crippen LogP contribution is -2.41. The summed E-state index contributed by atoms with van der Waals surface area (Å²) in [5.74, 6) is 1.06. The molecular weight excluding hydrogens is 487 g/mol. The zero-order valence-electron chi connectivity index (χ0n) is 18.6. The summed E-state index contributed by atoms with van der Waals surface area (Å²) in [4.78, 5) is 10.1. The smallest absolute Gasteiger partial charge is 0.194 e. The highest BCUT2D eigenvalue weighted by atomic mass is 127. The van der Waals surface area contributed by atoms with E-state index in [1.54, 1.807) is 0 Å². The van der Waals surface area contributed by atoms with E-state index in [4.69, 9.17) is 9.73 Å². The van der Waals surface area contributed by atoms with Gasteiger partial charge in [-0.2, -0.15) is 0 Å². The number of rotatable bonds is 5. The number of benzene rings is 1. The fourth-order valence-electron chi connectivity index (χ4n) is 5.06. The van der Waals surface area contributed by atoms with Gasteiger partial charge < -0.3 is 15.0 Å². The van der Waals surface area contributed by atoms with Crippen LogP contribution in [0.5, 0.6) is 0 Å². The molecular formula is C24H39IN4O. The number of nitrogens with zero attached hydrogens (tertiary/aromatic N) is 3. The zero-order valence-corrected chi connectivity index (χ0v) is 20.9. The molecule has 3 aliphatic rings. The number of aliphatic imine (C=N–C) groups is 1. The van der Waals surface area contributed by atoms with Crippen LogP contribution in [0.3, 0.4) is 0 Å². The molecule has 3 aliphatic heterocycles. The highest BCUT2D eigenvalue weighted by Crippen LogP contribution is 2.38. The number of hydrogen-bond donors (Lipinski definition) is 1. The van der Waals surface area contributed by atoms with Crippen LogP contribution in [0.15, 0.2) is 29.3 Å². The number of nitrogens with one attached hydrogen (secondary N) is 1. The van der Waals surface area contributed by atoms with Gasteiger partial charge in [-0.15, -0.1) is 24.0 Å². The molecule has 0 bridgehead atoms. The Labute approximate surface area is 199 Å². The molecule has 1 atom stereocenters. The van der Waals surface area contributed by atoms with Gasteiger partial charge in [-0.05, 0) is 56.8 Å². The van der Waals surface area contributed by atoms with Crippen molar-refractivity contribution in [2.75, 3.05) is 45.9 Å². The molecule has 0 aliphatic carbocycles. The second-order valence-electron chi connectivity index (χ2n) is 9.15. The molecule has 1 aromatic carbocycles. The van der Waals surface area contributed by atoms with Crippen LogP contribution in [0.25, 0.3) is 0 Å². The van der Waals surface area contributed by atoms with Crippen LogP contribution in [-0.4, -0.2) is 61.7 Å². The first-order valence-electron chi connectivity index (χ1n) is 11.7. The first-order chi connectivity index (χ1) is 14.3. The van der Waals surface area contributed by atoms with Gasteiger partial charge >= 0.3 is 0 Å². The average molecular weight is 527 g/mol. The third-order valence-corrected chi connectivity index (χ3v) is 6.77. The van der Waals surface area contributed by atoms with Gasteiger partial charge in [0, 0.05) is 38.2 Å². The van der Waals surface area contributed by atoms with Crippen LogP contribution in [0.4, 0.5) is 0 Å². The lowest BCUT2D eigenvalue weighted by molar-refractivity contribution is 0.156. The molecule has 6 heteroatoms. The monoisotopic (exact) mass is 526 g/mol. The Bertz CT molecular complexity index is 682. The van der Waals surface area contributed by atoms with Gasteiger partial charge in [0.2, 0.25) is 0 Å². The van der Waals surface area contributed by atoms with E-state index in [-0.39, 0.29) is 24.0 Å². The minimum atomic E-state index is 0. The number of likely N-dealkylation sites (tertiary alicyclic amines) is 2. The highest BCUT2D eigenvalue weighted by Gasteiger charge is 2.42. The van der Waals surface area contributed by atoms with Crippen molar-refractivity contribution < 1.29 is 4.74 Å². The molecule has 3 fully saturated rings. The maximum absolute atomic E-state index is 5.69. The fraction of sp³-hybridized carbons (Fsp3) is 0.708. The molecule has 3 saturated heterocycles. The summed E-state index contributed by atoms with van der Waals surface area (Å²) in [5, 5.41) is 3.52. The van der Waals surface area contributed by atoms with Crippen molar-refractivity contribution in [1.82, 2.24) is 15.1 Å². The van der Waals surface area contributed by atoms with Gasteiger partial charge in [-0.25, -0.2) is 4.99 Å². The molecule has 4 rings (SSSR count). The van der Waals surface area contributed by atoms with Gasteiger partial charge in [0.15, 0.2) is 5.96 Å². The Hall–Kier alpha value is -0.860. The van der Waals surface area contributed by atoms with E-state index in [2.05, 4.69) is 46.3 Å². The van der Waals surface area contributed by atoms with E-state index in [0.29, 0.717) is 5.41 Å². The van der Waals surface area contributed by atoms with E-state index in [1.807, 2.05) is 0 Å². The van der Waals surface area contributed by atoms with Gasteiger partial charge in [-0.3, -0.25) is 4.90 Å². The van der Waals surface area contributed by atoms with Crippen LogP contribution < -0.4 is 5.32 Å². The van der Waals surface area contributed by atoms with Crippen LogP contribution in [0, 0.1) is 5.41 Å². The molecule has 0 radical (unpaired) electrons. The molecule has 1 N–H and O–H groups in total. The zero-order chi connectivity index (χ0) is 19.9. The number of ether oxygens (including phenoxy) is 1. The maximum Gasteiger partial charge on any atom is 0.194 e. The predicted molar refractivity (Wildman–Crippen MR) is 134 cm³/mol. The molecule has 1 unspecified atom stereocenters. The van der Waals surface area contributed by atoms with Crippen molar-refractivity contribution in [3.8, 4) is 0 Å². The first-order valence-corrected chi connectivity index (χ1v) is 11.7. The van der Waals surface area contributed by atoms with Crippen molar-refractivity contribution in [3.63, 3.8) is 0 Å². The van der Waals surface area contributed by atoms with Crippen molar-refractivity contribution in [2.45, 2.75) is 58.5 Å². The molecule has 0 saturated carbocycles. The molecule has 5 nitrogen and oxygen atoms in total. The van der Waals surface area contributed by atoms with E-state index in [0.717, 1.165) is 51.9 Å². The molecule has 3 heterocycles. The molecule has 0 aromatic heterocycles. The van der Waals surface area contributed by atoms with Gasteiger partial charge in [0.25, 0.3) is 0 Å². The minimum Gasteiger partial charge on any atom is -0.381 e.